The lowest BCUT2D eigenvalue weighted by atomic mass is 9.75. The van der Waals surface area contributed by atoms with Crippen molar-refractivity contribution < 1.29 is 5.11 Å². The molecule has 0 radical (unpaired) electrons. The Hall–Kier alpha value is -0.0800. The molecule has 21 heavy (non-hydrogen) atoms. The summed E-state index contributed by atoms with van der Waals surface area (Å²) < 4.78 is 0. The normalized spacial score (nSPS) is 41.7. The molecule has 1 heterocycles. The molecule has 2 heteroatoms. The molecule has 3 fully saturated rings. The highest BCUT2D eigenvalue weighted by Crippen LogP contribution is 2.38. The maximum absolute atomic E-state index is 10.5. The predicted octanol–water partition coefficient (Wildman–Crippen LogP) is 4.22. The van der Waals surface area contributed by atoms with Gasteiger partial charge in [0.05, 0.1) is 6.10 Å². The van der Waals surface area contributed by atoms with Crippen molar-refractivity contribution in [3.63, 3.8) is 0 Å². The van der Waals surface area contributed by atoms with Gasteiger partial charge in [-0.05, 0) is 69.2 Å². The molecule has 0 spiro atoms. The number of fused-ring (bicyclic) bond motifs is 1. The number of piperidine rings is 1. The molecule has 5 atom stereocenters. The van der Waals surface area contributed by atoms with Crippen molar-refractivity contribution in [3.05, 3.63) is 0 Å². The van der Waals surface area contributed by atoms with Crippen LogP contribution in [0.1, 0.15) is 77.6 Å². The van der Waals surface area contributed by atoms with Crippen LogP contribution < -0.4 is 0 Å². The van der Waals surface area contributed by atoms with Gasteiger partial charge in [-0.1, -0.05) is 32.6 Å². The van der Waals surface area contributed by atoms with Crippen LogP contribution >= 0.6 is 0 Å². The minimum atomic E-state index is -0.0259. The van der Waals surface area contributed by atoms with Crippen LogP contribution in [0.5, 0.6) is 0 Å². The lowest BCUT2D eigenvalue weighted by Gasteiger charge is -2.47. The van der Waals surface area contributed by atoms with Gasteiger partial charge in [0.1, 0.15) is 0 Å². The summed E-state index contributed by atoms with van der Waals surface area (Å²) in [6.45, 7) is 4.78. The van der Waals surface area contributed by atoms with E-state index in [1.54, 1.807) is 0 Å². The van der Waals surface area contributed by atoms with E-state index in [0.29, 0.717) is 5.92 Å². The number of nitrogens with zero attached hydrogens (tertiary/aromatic N) is 1. The van der Waals surface area contributed by atoms with Gasteiger partial charge in [0.25, 0.3) is 0 Å². The second-order valence-corrected chi connectivity index (χ2v) is 8.04. The summed E-state index contributed by atoms with van der Waals surface area (Å²) >= 11 is 0. The zero-order valence-corrected chi connectivity index (χ0v) is 14.0. The molecule has 0 aromatic heterocycles. The maximum atomic E-state index is 10.5. The fraction of sp³-hybridized carbons (Fsp3) is 1.00. The molecule has 0 aromatic carbocycles. The van der Waals surface area contributed by atoms with E-state index in [0.717, 1.165) is 24.3 Å². The smallest absolute Gasteiger partial charge is 0.0580 e. The lowest BCUT2D eigenvalue weighted by molar-refractivity contribution is -0.00947. The first-order valence-electron chi connectivity index (χ1n) is 9.70. The van der Waals surface area contributed by atoms with E-state index in [1.165, 1.54) is 77.3 Å². The van der Waals surface area contributed by atoms with E-state index >= 15 is 0 Å². The molecule has 2 aliphatic carbocycles. The molecule has 1 N–H and O–H groups in total. The number of hydrogen-bond acceptors (Lipinski definition) is 2. The van der Waals surface area contributed by atoms with Crippen LogP contribution in [0, 0.1) is 17.8 Å². The number of hydrogen-bond donors (Lipinski definition) is 1. The number of aliphatic hydroxyl groups is 1. The van der Waals surface area contributed by atoms with Crippen LogP contribution in [0.2, 0.25) is 0 Å². The number of likely N-dealkylation sites (tertiary alicyclic amines) is 1. The third-order valence-corrected chi connectivity index (χ3v) is 6.58. The van der Waals surface area contributed by atoms with E-state index in [-0.39, 0.29) is 6.10 Å². The van der Waals surface area contributed by atoms with Crippen molar-refractivity contribution in [1.29, 1.82) is 0 Å². The van der Waals surface area contributed by atoms with E-state index < -0.39 is 0 Å². The highest BCUT2D eigenvalue weighted by Gasteiger charge is 2.36. The second kappa shape index (κ2) is 7.46. The Kier molecular flexibility index (Phi) is 5.61. The molecule has 122 valence electrons. The molecule has 0 bridgehead atoms. The molecule has 2 nitrogen and oxygen atoms in total. The van der Waals surface area contributed by atoms with Gasteiger partial charge in [0, 0.05) is 12.6 Å². The van der Waals surface area contributed by atoms with E-state index in [9.17, 15) is 5.11 Å². The topological polar surface area (TPSA) is 23.5 Å². The Labute approximate surface area is 131 Å². The Morgan fingerprint density at radius 3 is 2.67 bits per heavy atom. The van der Waals surface area contributed by atoms with Gasteiger partial charge in [0.2, 0.25) is 0 Å². The average molecular weight is 293 g/mol. The van der Waals surface area contributed by atoms with Crippen molar-refractivity contribution >= 4 is 0 Å². The third kappa shape index (κ3) is 3.82. The minimum Gasteiger partial charge on any atom is -0.393 e. The SMILES string of the molecule is CCCC1CCC(O)C(CN2CCC[C@H]3CCCC[C@H]32)C1. The van der Waals surface area contributed by atoms with Crippen LogP contribution in [0.4, 0.5) is 0 Å². The van der Waals surface area contributed by atoms with Crippen LogP contribution in [-0.4, -0.2) is 35.2 Å². The quantitative estimate of drug-likeness (QED) is 0.839. The molecule has 3 unspecified atom stereocenters. The first-order chi connectivity index (χ1) is 10.3. The fourth-order valence-electron chi connectivity index (χ4n) is 5.47. The van der Waals surface area contributed by atoms with Gasteiger partial charge in [-0.25, -0.2) is 0 Å². The van der Waals surface area contributed by atoms with Gasteiger partial charge >= 0.3 is 0 Å². The Morgan fingerprint density at radius 2 is 1.81 bits per heavy atom. The highest BCUT2D eigenvalue weighted by atomic mass is 16.3. The Morgan fingerprint density at radius 1 is 1.00 bits per heavy atom. The number of rotatable bonds is 4. The van der Waals surface area contributed by atoms with Crippen molar-refractivity contribution in [2.45, 2.75) is 89.7 Å². The summed E-state index contributed by atoms with van der Waals surface area (Å²) in [5.41, 5.74) is 0. The molecular weight excluding hydrogens is 258 g/mol. The monoisotopic (exact) mass is 293 g/mol. The van der Waals surface area contributed by atoms with Crippen LogP contribution in [0.3, 0.4) is 0 Å². The molecule has 3 rings (SSSR count). The molecular formula is C19H35NO. The highest BCUT2D eigenvalue weighted by molar-refractivity contribution is 4.90. The van der Waals surface area contributed by atoms with Crippen molar-refractivity contribution in [3.8, 4) is 0 Å². The molecule has 1 saturated heterocycles. The van der Waals surface area contributed by atoms with Gasteiger partial charge in [-0.3, -0.25) is 4.90 Å². The zero-order chi connectivity index (χ0) is 14.7. The first-order valence-corrected chi connectivity index (χ1v) is 9.70. The molecule has 2 saturated carbocycles. The Bertz CT molecular complexity index is 317. The average Bonchev–Trinajstić information content (AvgIpc) is 2.51. The number of aliphatic hydroxyl groups excluding tert-OH is 1. The van der Waals surface area contributed by atoms with Crippen molar-refractivity contribution in [1.82, 2.24) is 4.90 Å². The largest absolute Gasteiger partial charge is 0.393 e. The fourth-order valence-corrected chi connectivity index (χ4v) is 5.47. The predicted molar refractivity (Wildman–Crippen MR) is 88.3 cm³/mol. The second-order valence-electron chi connectivity index (χ2n) is 8.04. The van der Waals surface area contributed by atoms with Crippen LogP contribution in [0.15, 0.2) is 0 Å². The zero-order valence-electron chi connectivity index (χ0n) is 14.0. The van der Waals surface area contributed by atoms with E-state index in [4.69, 9.17) is 0 Å². The minimum absolute atomic E-state index is 0.0259. The summed E-state index contributed by atoms with van der Waals surface area (Å²) in [6.07, 6.45) is 14.9. The van der Waals surface area contributed by atoms with E-state index in [1.807, 2.05) is 0 Å². The van der Waals surface area contributed by atoms with Gasteiger partial charge in [-0.2, -0.15) is 0 Å². The summed E-state index contributed by atoms with van der Waals surface area (Å²) in [6, 6.07) is 0.853. The summed E-state index contributed by atoms with van der Waals surface area (Å²) in [5, 5.41) is 10.5. The van der Waals surface area contributed by atoms with E-state index in [2.05, 4.69) is 11.8 Å². The summed E-state index contributed by atoms with van der Waals surface area (Å²) in [4.78, 5) is 2.79. The standard InChI is InChI=1S/C19H35NO/c1-2-6-15-10-11-19(21)17(13-15)14-20-12-5-8-16-7-3-4-9-18(16)20/h15-19,21H,2-14H2,1H3/t15?,16-,17?,18-,19?/m1/s1. The molecule has 0 aromatic rings. The molecule has 1 aliphatic heterocycles. The van der Waals surface area contributed by atoms with Crippen molar-refractivity contribution in [2.24, 2.45) is 17.8 Å². The van der Waals surface area contributed by atoms with Gasteiger partial charge in [-0.15, -0.1) is 0 Å². The summed E-state index contributed by atoms with van der Waals surface area (Å²) in [5.74, 6) is 2.41. The van der Waals surface area contributed by atoms with Crippen molar-refractivity contribution in [2.75, 3.05) is 13.1 Å². The van der Waals surface area contributed by atoms with Gasteiger partial charge in [0.15, 0.2) is 0 Å². The lowest BCUT2D eigenvalue weighted by Crippen LogP contribution is -2.50. The first kappa shape index (κ1) is 15.8. The molecule has 0 amide bonds. The third-order valence-electron chi connectivity index (χ3n) is 6.58. The van der Waals surface area contributed by atoms with Gasteiger partial charge < -0.3 is 5.11 Å². The maximum Gasteiger partial charge on any atom is 0.0580 e. The summed E-state index contributed by atoms with van der Waals surface area (Å²) in [7, 11) is 0. The Balaban J connectivity index is 1.58. The van der Waals surface area contributed by atoms with Crippen LogP contribution in [-0.2, 0) is 0 Å². The van der Waals surface area contributed by atoms with Crippen LogP contribution in [0.25, 0.3) is 0 Å². The molecule has 3 aliphatic rings.